The van der Waals surface area contributed by atoms with E-state index in [1.807, 2.05) is 0 Å². The molecule has 0 bridgehead atoms. The molecule has 0 saturated carbocycles. The summed E-state index contributed by atoms with van der Waals surface area (Å²) in [5.74, 6) is 0. The van der Waals surface area contributed by atoms with Crippen LogP contribution in [0.25, 0.3) is 22.3 Å². The van der Waals surface area contributed by atoms with Gasteiger partial charge >= 0.3 is 0 Å². The predicted molar refractivity (Wildman–Crippen MR) is 277 cm³/mol. The molecule has 0 spiro atoms. The highest BCUT2D eigenvalue weighted by Crippen LogP contribution is 2.23. The molecule has 0 fully saturated rings. The Morgan fingerprint density at radius 1 is 0.194 bits per heavy atom. The fraction of sp³-hybridized carbons (Fsp3) is 0.323. The van der Waals surface area contributed by atoms with Crippen LogP contribution in [0.3, 0.4) is 0 Å². The highest BCUT2D eigenvalue weighted by atomic mass is 14.1. The average molecular weight is 823 g/mol. The van der Waals surface area contributed by atoms with Crippen LogP contribution in [-0.4, -0.2) is 0 Å². The molecule has 7 aromatic rings. The van der Waals surface area contributed by atoms with Crippen molar-refractivity contribution in [1.82, 2.24) is 0 Å². The molecular formula is C62H78. The monoisotopic (exact) mass is 823 g/mol. The molecule has 62 heavy (non-hydrogen) atoms. The van der Waals surface area contributed by atoms with E-state index >= 15 is 0 Å². The first-order chi connectivity index (χ1) is 30.3. The Hall–Kier alpha value is -5.46. The van der Waals surface area contributed by atoms with E-state index in [1.54, 1.807) is 0 Å². The van der Waals surface area contributed by atoms with Crippen LogP contribution in [0.15, 0.2) is 170 Å². The molecule has 0 heterocycles. The lowest BCUT2D eigenvalue weighted by Gasteiger charge is -2.05. The lowest BCUT2D eigenvalue weighted by molar-refractivity contribution is 1.04. The first-order valence-corrected chi connectivity index (χ1v) is 23.9. The molecule has 7 aromatic carbocycles. The van der Waals surface area contributed by atoms with E-state index in [4.69, 9.17) is 0 Å². The van der Waals surface area contributed by atoms with E-state index in [1.165, 1.54) is 77.9 Å². The molecule has 0 N–H and O–H groups in total. The summed E-state index contributed by atoms with van der Waals surface area (Å²) in [7, 11) is 0. The van der Waals surface area contributed by atoms with Crippen molar-refractivity contribution in [3.05, 3.63) is 225 Å². The van der Waals surface area contributed by atoms with Crippen molar-refractivity contribution < 1.29 is 0 Å². The second-order valence-corrected chi connectivity index (χ2v) is 15.7. The van der Waals surface area contributed by atoms with E-state index in [2.05, 4.69) is 239 Å². The van der Waals surface area contributed by atoms with Gasteiger partial charge in [-0.15, -0.1) is 0 Å². The molecule has 0 aromatic heterocycles. The third kappa shape index (κ3) is 17.9. The van der Waals surface area contributed by atoms with E-state index in [9.17, 15) is 0 Å². The van der Waals surface area contributed by atoms with Crippen LogP contribution in [-0.2, 0) is 64.2 Å². The van der Waals surface area contributed by atoms with Crippen molar-refractivity contribution >= 4 is 0 Å². The average Bonchev–Trinajstić information content (AvgIpc) is 3.37. The molecule has 0 amide bonds. The summed E-state index contributed by atoms with van der Waals surface area (Å²) in [6.07, 6.45) is 11.3. The molecular weight excluding hydrogens is 745 g/mol. The SMILES string of the molecule is CCc1ccc(-c2ccc(CC)cc2)cc1.CCc1ccc(CC)cc1.CCc1cccc(-c2cccc(CC)c2)c1.CCc1cccc(CC)c1.CCc1ccccc1CC. The smallest absolute Gasteiger partial charge is 0.0181 e. The molecule has 0 radical (unpaired) electrons. The second kappa shape index (κ2) is 29.7. The maximum atomic E-state index is 2.29. The first-order valence-electron chi connectivity index (χ1n) is 23.9. The molecule has 0 aliphatic heterocycles. The largest absolute Gasteiger partial charge is 0.0620 e. The number of benzene rings is 7. The van der Waals surface area contributed by atoms with Gasteiger partial charge in [-0.05, 0) is 142 Å². The van der Waals surface area contributed by atoms with Gasteiger partial charge in [-0.25, -0.2) is 0 Å². The van der Waals surface area contributed by atoms with Gasteiger partial charge in [-0.2, -0.15) is 0 Å². The fourth-order valence-corrected chi connectivity index (χ4v) is 7.13. The summed E-state index contributed by atoms with van der Waals surface area (Å²) < 4.78 is 0. The summed E-state index contributed by atoms with van der Waals surface area (Å²) in [6, 6.07) is 61.5. The van der Waals surface area contributed by atoms with E-state index in [0.29, 0.717) is 0 Å². The van der Waals surface area contributed by atoms with Gasteiger partial charge in [-0.1, -0.05) is 239 Å². The number of hydrogen-bond acceptors (Lipinski definition) is 0. The topological polar surface area (TPSA) is 0 Å². The van der Waals surface area contributed by atoms with Crippen LogP contribution in [0, 0.1) is 0 Å². The van der Waals surface area contributed by atoms with E-state index in [-0.39, 0.29) is 0 Å². The summed E-state index contributed by atoms with van der Waals surface area (Å²) in [4.78, 5) is 0. The molecule has 0 saturated heterocycles. The Morgan fingerprint density at radius 2 is 0.452 bits per heavy atom. The Balaban J connectivity index is 0.000000211. The zero-order valence-electron chi connectivity index (χ0n) is 40.2. The van der Waals surface area contributed by atoms with Crippen LogP contribution in [0.4, 0.5) is 0 Å². The van der Waals surface area contributed by atoms with Crippen LogP contribution < -0.4 is 0 Å². The molecule has 7 rings (SSSR count). The summed E-state index contributed by atoms with van der Waals surface area (Å²) in [5, 5.41) is 0. The lowest BCUT2D eigenvalue weighted by Crippen LogP contribution is -1.88. The fourth-order valence-electron chi connectivity index (χ4n) is 7.13. The van der Waals surface area contributed by atoms with Gasteiger partial charge in [0.25, 0.3) is 0 Å². The Bertz CT molecular complexity index is 2060. The minimum atomic E-state index is 1.10. The van der Waals surface area contributed by atoms with Crippen molar-refractivity contribution in [3.8, 4) is 22.3 Å². The molecule has 0 unspecified atom stereocenters. The maximum Gasteiger partial charge on any atom is -0.0181 e. The second-order valence-electron chi connectivity index (χ2n) is 15.7. The predicted octanol–water partition coefficient (Wildman–Crippen LogP) is 17.4. The van der Waals surface area contributed by atoms with Gasteiger partial charge in [0.15, 0.2) is 0 Å². The van der Waals surface area contributed by atoms with Gasteiger partial charge in [0.05, 0.1) is 0 Å². The molecule has 0 aliphatic carbocycles. The van der Waals surface area contributed by atoms with Crippen molar-refractivity contribution in [2.24, 2.45) is 0 Å². The lowest BCUT2D eigenvalue weighted by atomic mass is 10.00. The maximum absolute atomic E-state index is 2.29. The van der Waals surface area contributed by atoms with Crippen LogP contribution in [0.5, 0.6) is 0 Å². The van der Waals surface area contributed by atoms with Gasteiger partial charge in [-0.3, -0.25) is 0 Å². The summed E-state index contributed by atoms with van der Waals surface area (Å²) in [6.45, 7) is 21.9. The molecule has 0 heteroatoms. The van der Waals surface area contributed by atoms with Gasteiger partial charge < -0.3 is 0 Å². The molecule has 0 aliphatic rings. The molecule has 326 valence electrons. The van der Waals surface area contributed by atoms with Crippen molar-refractivity contribution in [1.29, 1.82) is 0 Å². The van der Waals surface area contributed by atoms with Crippen molar-refractivity contribution in [2.75, 3.05) is 0 Å². The highest BCUT2D eigenvalue weighted by molar-refractivity contribution is 5.65. The van der Waals surface area contributed by atoms with Crippen molar-refractivity contribution in [2.45, 2.75) is 133 Å². The number of hydrogen-bond donors (Lipinski definition) is 0. The zero-order chi connectivity index (χ0) is 45.0. The number of aryl methyl sites for hydroxylation is 10. The third-order valence-electron chi connectivity index (χ3n) is 11.6. The van der Waals surface area contributed by atoms with Gasteiger partial charge in [0.2, 0.25) is 0 Å². The quantitative estimate of drug-likeness (QED) is 0.115. The minimum absolute atomic E-state index is 1.10. The Kier molecular flexibility index (Phi) is 24.4. The van der Waals surface area contributed by atoms with E-state index in [0.717, 1.165) is 64.2 Å². The third-order valence-corrected chi connectivity index (χ3v) is 11.6. The van der Waals surface area contributed by atoms with E-state index < -0.39 is 0 Å². The summed E-state index contributed by atoms with van der Waals surface area (Å²) in [5.41, 5.74) is 19.6. The Morgan fingerprint density at radius 3 is 0.726 bits per heavy atom. The zero-order valence-corrected chi connectivity index (χ0v) is 40.2. The van der Waals surface area contributed by atoms with Crippen molar-refractivity contribution in [3.63, 3.8) is 0 Å². The van der Waals surface area contributed by atoms with Crippen LogP contribution >= 0.6 is 0 Å². The number of rotatable bonds is 12. The molecule has 0 nitrogen and oxygen atoms in total. The Labute approximate surface area is 379 Å². The normalized spacial score (nSPS) is 10.1. The highest BCUT2D eigenvalue weighted by Gasteiger charge is 2.00. The standard InChI is InChI=1S/2C16H18.3C10H14/c1-3-13-5-9-15(10-6-13)16-11-7-14(4-2)8-12-16;1-3-13-7-5-9-15(11-13)16-10-6-8-14(4-2)12-16;1-3-9-5-7-10(4-2)8-6-9;1-3-9-6-5-7-10(4-2)8-9;1-3-9-7-5-6-8-10(9)4-2/h2*5-12H,3-4H2,1-2H3;3*5-8H,3-4H2,1-2H3. The molecule has 0 atom stereocenters. The van der Waals surface area contributed by atoms with Gasteiger partial charge in [0, 0.05) is 0 Å². The first kappa shape index (κ1) is 50.9. The summed E-state index contributed by atoms with van der Waals surface area (Å²) >= 11 is 0. The van der Waals surface area contributed by atoms with Gasteiger partial charge in [0.1, 0.15) is 0 Å². The van der Waals surface area contributed by atoms with Crippen LogP contribution in [0.2, 0.25) is 0 Å². The van der Waals surface area contributed by atoms with Crippen LogP contribution in [0.1, 0.15) is 125 Å². The minimum Gasteiger partial charge on any atom is -0.0620 e.